The number of carbonyl (C=O) groups excluding carboxylic acids is 1. The molecule has 3 nitrogen and oxygen atoms in total. The number of halogens is 1. The Morgan fingerprint density at radius 3 is 2.69 bits per heavy atom. The quantitative estimate of drug-likeness (QED) is 0.391. The molecular formula is C12H13BrO3. The first kappa shape index (κ1) is 12.8. The maximum Gasteiger partial charge on any atom is 0.330 e. The van der Waals surface area contributed by atoms with Crippen LogP contribution in [0.1, 0.15) is 12.0 Å². The minimum Gasteiger partial charge on any atom is -0.508 e. The van der Waals surface area contributed by atoms with Gasteiger partial charge in [0.25, 0.3) is 0 Å². The first-order valence-corrected chi connectivity index (χ1v) is 6.04. The lowest BCUT2D eigenvalue weighted by molar-refractivity contribution is -0.137. The molecule has 0 amide bonds. The summed E-state index contributed by atoms with van der Waals surface area (Å²) in [6.45, 7) is 0.421. The van der Waals surface area contributed by atoms with E-state index in [0.29, 0.717) is 6.61 Å². The van der Waals surface area contributed by atoms with Crippen LogP contribution in [-0.4, -0.2) is 23.0 Å². The van der Waals surface area contributed by atoms with E-state index < -0.39 is 0 Å². The monoisotopic (exact) mass is 284 g/mol. The molecule has 1 aromatic carbocycles. The van der Waals surface area contributed by atoms with Gasteiger partial charge in [-0.25, -0.2) is 4.79 Å². The summed E-state index contributed by atoms with van der Waals surface area (Å²) in [7, 11) is 0. The molecule has 0 fully saturated rings. The van der Waals surface area contributed by atoms with Gasteiger partial charge in [-0.2, -0.15) is 0 Å². The van der Waals surface area contributed by atoms with Crippen LogP contribution in [0.4, 0.5) is 0 Å². The Bertz CT molecular complexity index is 357. The summed E-state index contributed by atoms with van der Waals surface area (Å²) in [6.07, 6.45) is 3.83. The summed E-state index contributed by atoms with van der Waals surface area (Å²) in [4.78, 5) is 11.2. The molecule has 0 aromatic heterocycles. The zero-order valence-corrected chi connectivity index (χ0v) is 10.3. The van der Waals surface area contributed by atoms with Gasteiger partial charge >= 0.3 is 5.97 Å². The van der Waals surface area contributed by atoms with Crippen molar-refractivity contribution in [2.24, 2.45) is 0 Å². The maximum absolute atomic E-state index is 11.2. The highest BCUT2D eigenvalue weighted by Gasteiger charge is 1.96. The molecule has 86 valence electrons. The standard InChI is InChI=1S/C12H13BrO3/c13-8-1-9-16-12(15)7-4-10-2-5-11(14)6-3-10/h2-7,14H,1,8-9H2/b7-4+. The number of phenolic OH excluding ortho intramolecular Hbond substituents is 1. The van der Waals surface area contributed by atoms with Crippen LogP contribution < -0.4 is 0 Å². The van der Waals surface area contributed by atoms with E-state index in [1.165, 1.54) is 6.08 Å². The summed E-state index contributed by atoms with van der Waals surface area (Å²) < 4.78 is 4.92. The molecule has 4 heteroatoms. The van der Waals surface area contributed by atoms with Crippen LogP contribution in [-0.2, 0) is 9.53 Å². The van der Waals surface area contributed by atoms with Gasteiger partial charge < -0.3 is 9.84 Å². The van der Waals surface area contributed by atoms with Crippen LogP contribution >= 0.6 is 15.9 Å². The van der Waals surface area contributed by atoms with E-state index >= 15 is 0 Å². The summed E-state index contributed by atoms with van der Waals surface area (Å²) >= 11 is 3.25. The van der Waals surface area contributed by atoms with Crippen molar-refractivity contribution >= 4 is 28.0 Å². The normalized spacial score (nSPS) is 10.6. The van der Waals surface area contributed by atoms with Crippen molar-refractivity contribution in [2.45, 2.75) is 6.42 Å². The van der Waals surface area contributed by atoms with Gasteiger partial charge in [-0.3, -0.25) is 0 Å². The van der Waals surface area contributed by atoms with Gasteiger partial charge in [0.1, 0.15) is 5.75 Å². The zero-order valence-electron chi connectivity index (χ0n) is 8.73. The lowest BCUT2D eigenvalue weighted by Crippen LogP contribution is -2.02. The Kier molecular flexibility index (Phi) is 5.64. The van der Waals surface area contributed by atoms with E-state index in [4.69, 9.17) is 9.84 Å². The van der Waals surface area contributed by atoms with Gasteiger partial charge in [0.15, 0.2) is 0 Å². The van der Waals surface area contributed by atoms with E-state index in [-0.39, 0.29) is 11.7 Å². The Balaban J connectivity index is 2.41. The summed E-state index contributed by atoms with van der Waals surface area (Å²) in [5.74, 6) is -0.147. The van der Waals surface area contributed by atoms with Gasteiger partial charge in [-0.1, -0.05) is 28.1 Å². The third kappa shape index (κ3) is 4.98. The zero-order chi connectivity index (χ0) is 11.8. The lowest BCUT2D eigenvalue weighted by Gasteiger charge is -1.98. The number of rotatable bonds is 5. The number of alkyl halides is 1. The fraction of sp³-hybridized carbons (Fsp3) is 0.250. The summed E-state index contributed by atoms with van der Waals surface area (Å²) in [5, 5.41) is 9.88. The molecule has 0 saturated heterocycles. The van der Waals surface area contributed by atoms with Crippen molar-refractivity contribution < 1.29 is 14.6 Å². The molecule has 0 spiro atoms. The van der Waals surface area contributed by atoms with Crippen molar-refractivity contribution in [1.82, 2.24) is 0 Å². The van der Waals surface area contributed by atoms with Crippen molar-refractivity contribution in [3.63, 3.8) is 0 Å². The topological polar surface area (TPSA) is 46.5 Å². The molecule has 0 aliphatic carbocycles. The molecule has 0 unspecified atom stereocenters. The number of carbonyl (C=O) groups is 1. The summed E-state index contributed by atoms with van der Waals surface area (Å²) in [6, 6.07) is 6.57. The van der Waals surface area contributed by atoms with Crippen molar-refractivity contribution in [1.29, 1.82) is 0 Å². The number of ether oxygens (including phenoxy) is 1. The van der Waals surface area contributed by atoms with Crippen LogP contribution in [0.5, 0.6) is 5.75 Å². The molecule has 0 heterocycles. The number of phenols is 1. The molecule has 0 aliphatic heterocycles. The Hall–Kier alpha value is -1.29. The predicted octanol–water partition coefficient (Wildman–Crippen LogP) is 2.73. The smallest absolute Gasteiger partial charge is 0.330 e. The molecule has 1 aromatic rings. The van der Waals surface area contributed by atoms with Crippen molar-refractivity contribution in [3.05, 3.63) is 35.9 Å². The number of hydrogen-bond acceptors (Lipinski definition) is 3. The highest BCUT2D eigenvalue weighted by atomic mass is 79.9. The van der Waals surface area contributed by atoms with Crippen LogP contribution in [0.25, 0.3) is 6.08 Å². The molecule has 0 bridgehead atoms. The average Bonchev–Trinajstić information content (AvgIpc) is 2.29. The third-order valence-corrected chi connectivity index (χ3v) is 2.39. The minimum absolute atomic E-state index is 0.206. The van der Waals surface area contributed by atoms with E-state index in [9.17, 15) is 4.79 Å². The number of benzene rings is 1. The lowest BCUT2D eigenvalue weighted by atomic mass is 10.2. The maximum atomic E-state index is 11.2. The number of aromatic hydroxyl groups is 1. The Labute approximate surface area is 103 Å². The van der Waals surface area contributed by atoms with Crippen molar-refractivity contribution in [2.75, 3.05) is 11.9 Å². The van der Waals surface area contributed by atoms with Gasteiger partial charge in [0.2, 0.25) is 0 Å². The molecule has 0 radical (unpaired) electrons. The van der Waals surface area contributed by atoms with Gasteiger partial charge in [-0.05, 0) is 30.2 Å². The average molecular weight is 285 g/mol. The van der Waals surface area contributed by atoms with E-state index in [1.807, 2.05) is 0 Å². The van der Waals surface area contributed by atoms with E-state index in [1.54, 1.807) is 30.3 Å². The van der Waals surface area contributed by atoms with Gasteiger partial charge in [0.05, 0.1) is 6.61 Å². The third-order valence-electron chi connectivity index (χ3n) is 1.83. The molecule has 1 rings (SSSR count). The minimum atomic E-state index is -0.353. The Morgan fingerprint density at radius 2 is 2.06 bits per heavy atom. The molecule has 1 N–H and O–H groups in total. The fourth-order valence-electron chi connectivity index (χ4n) is 1.03. The molecule has 16 heavy (non-hydrogen) atoms. The fourth-order valence-corrected chi connectivity index (χ4v) is 1.25. The van der Waals surface area contributed by atoms with Crippen LogP contribution in [0, 0.1) is 0 Å². The second kappa shape index (κ2) is 7.06. The number of hydrogen-bond donors (Lipinski definition) is 1. The molecule has 0 aliphatic rings. The van der Waals surface area contributed by atoms with Gasteiger partial charge in [-0.15, -0.1) is 0 Å². The first-order valence-electron chi connectivity index (χ1n) is 4.92. The van der Waals surface area contributed by atoms with Gasteiger partial charge in [0, 0.05) is 11.4 Å². The second-order valence-corrected chi connectivity index (χ2v) is 3.93. The Morgan fingerprint density at radius 1 is 1.38 bits per heavy atom. The molecule has 0 atom stereocenters. The number of esters is 1. The first-order chi connectivity index (χ1) is 7.72. The molecular weight excluding hydrogens is 272 g/mol. The second-order valence-electron chi connectivity index (χ2n) is 3.13. The van der Waals surface area contributed by atoms with E-state index in [2.05, 4.69) is 15.9 Å². The largest absolute Gasteiger partial charge is 0.508 e. The predicted molar refractivity (Wildman–Crippen MR) is 66.5 cm³/mol. The van der Waals surface area contributed by atoms with Crippen LogP contribution in [0.15, 0.2) is 30.3 Å². The highest BCUT2D eigenvalue weighted by molar-refractivity contribution is 9.09. The summed E-state index contributed by atoms with van der Waals surface area (Å²) in [5.41, 5.74) is 0.843. The van der Waals surface area contributed by atoms with Crippen LogP contribution in [0.3, 0.4) is 0 Å². The molecule has 0 saturated carbocycles. The highest BCUT2D eigenvalue weighted by Crippen LogP contribution is 2.10. The van der Waals surface area contributed by atoms with E-state index in [0.717, 1.165) is 17.3 Å². The van der Waals surface area contributed by atoms with Crippen LogP contribution in [0.2, 0.25) is 0 Å². The van der Waals surface area contributed by atoms with Crippen molar-refractivity contribution in [3.8, 4) is 5.75 Å². The SMILES string of the molecule is O=C(/C=C/c1ccc(O)cc1)OCCCBr.